The molecule has 3 rings (SSSR count). The van der Waals surface area contributed by atoms with Gasteiger partial charge in [0.1, 0.15) is 0 Å². The molecular formula is C21H25Cl2N3O3. The zero-order chi connectivity index (χ0) is 21.1. The molecule has 1 aromatic heterocycles. The number of benzene rings is 1. The Balaban J connectivity index is 1.93. The molecule has 1 aromatic carbocycles. The summed E-state index contributed by atoms with van der Waals surface area (Å²) in [6, 6.07) is 6.03. The summed E-state index contributed by atoms with van der Waals surface area (Å²) < 4.78 is 7.10. The zero-order valence-electron chi connectivity index (χ0n) is 16.8. The summed E-state index contributed by atoms with van der Waals surface area (Å²) in [5.74, 6) is -0.671. The van der Waals surface area contributed by atoms with Crippen molar-refractivity contribution in [1.82, 2.24) is 14.7 Å². The Morgan fingerprint density at radius 3 is 2.55 bits per heavy atom. The Hall–Kier alpha value is -2.05. The monoisotopic (exact) mass is 437 g/mol. The second-order valence-electron chi connectivity index (χ2n) is 7.41. The average molecular weight is 438 g/mol. The lowest BCUT2D eigenvalue weighted by Gasteiger charge is -2.31. The van der Waals surface area contributed by atoms with Crippen molar-refractivity contribution >= 4 is 35.1 Å². The van der Waals surface area contributed by atoms with Gasteiger partial charge in [0.15, 0.2) is 6.04 Å². The number of ether oxygens (including phenoxy) is 1. The van der Waals surface area contributed by atoms with Crippen LogP contribution in [0.4, 0.5) is 0 Å². The highest BCUT2D eigenvalue weighted by molar-refractivity contribution is 6.35. The van der Waals surface area contributed by atoms with E-state index in [1.54, 1.807) is 30.0 Å². The van der Waals surface area contributed by atoms with Crippen LogP contribution in [0.15, 0.2) is 30.5 Å². The van der Waals surface area contributed by atoms with Gasteiger partial charge in [0.25, 0.3) is 0 Å². The number of halogens is 2. The molecular weight excluding hydrogens is 413 g/mol. The number of hydrogen-bond acceptors (Lipinski definition) is 4. The fourth-order valence-electron chi connectivity index (χ4n) is 3.25. The molecule has 1 fully saturated rings. The summed E-state index contributed by atoms with van der Waals surface area (Å²) in [7, 11) is 0. The van der Waals surface area contributed by atoms with Crippen LogP contribution in [0.25, 0.3) is 0 Å². The Labute approximate surface area is 180 Å². The molecule has 0 bridgehead atoms. The second-order valence-corrected chi connectivity index (χ2v) is 8.25. The van der Waals surface area contributed by atoms with E-state index in [0.29, 0.717) is 21.3 Å². The molecule has 1 amide bonds. The Bertz CT molecular complexity index is 893. The van der Waals surface area contributed by atoms with Crippen LogP contribution in [-0.2, 0) is 20.7 Å². The number of carbonyl (C=O) groups excluding carboxylic acids is 2. The number of aromatic nitrogens is 2. The summed E-state index contributed by atoms with van der Waals surface area (Å²) in [5.41, 5.74) is 1.18. The van der Waals surface area contributed by atoms with E-state index in [4.69, 9.17) is 27.9 Å². The molecule has 0 radical (unpaired) electrons. The summed E-state index contributed by atoms with van der Waals surface area (Å²) in [6.45, 7) is 6.00. The van der Waals surface area contributed by atoms with Crippen LogP contribution in [-0.4, -0.2) is 39.2 Å². The lowest BCUT2D eigenvalue weighted by Crippen LogP contribution is -2.42. The van der Waals surface area contributed by atoms with Crippen LogP contribution in [0.1, 0.15) is 57.0 Å². The molecule has 1 unspecified atom stereocenters. The van der Waals surface area contributed by atoms with Gasteiger partial charge in [0.05, 0.1) is 18.7 Å². The van der Waals surface area contributed by atoms with Gasteiger partial charge in [-0.2, -0.15) is 5.10 Å². The van der Waals surface area contributed by atoms with E-state index in [-0.39, 0.29) is 31.0 Å². The first-order chi connectivity index (χ1) is 13.8. The summed E-state index contributed by atoms with van der Waals surface area (Å²) >= 11 is 12.4. The molecule has 2 aromatic rings. The Kier molecular flexibility index (Phi) is 6.85. The average Bonchev–Trinajstić information content (AvgIpc) is 3.37. The Morgan fingerprint density at radius 1 is 1.28 bits per heavy atom. The topological polar surface area (TPSA) is 64.4 Å². The lowest BCUT2D eigenvalue weighted by atomic mass is 10.0. The first kappa shape index (κ1) is 21.7. The molecule has 156 valence electrons. The molecule has 1 heterocycles. The predicted molar refractivity (Wildman–Crippen MR) is 112 cm³/mol. The van der Waals surface area contributed by atoms with Gasteiger partial charge in [-0.25, -0.2) is 4.79 Å². The molecule has 1 saturated carbocycles. The molecule has 29 heavy (non-hydrogen) atoms. The van der Waals surface area contributed by atoms with Crippen molar-refractivity contribution in [1.29, 1.82) is 0 Å². The van der Waals surface area contributed by atoms with E-state index in [1.165, 1.54) is 0 Å². The number of carbonyl (C=O) groups is 2. The number of amides is 1. The number of nitrogens with zero attached hydrogens (tertiary/aromatic N) is 3. The van der Waals surface area contributed by atoms with Gasteiger partial charge in [-0.05, 0) is 51.8 Å². The van der Waals surface area contributed by atoms with E-state index in [9.17, 15) is 9.59 Å². The van der Waals surface area contributed by atoms with Crippen LogP contribution >= 0.6 is 23.2 Å². The molecule has 1 atom stereocenters. The lowest BCUT2D eigenvalue weighted by molar-refractivity contribution is -0.155. The second kappa shape index (κ2) is 9.18. The number of esters is 1. The number of hydrogen-bond donors (Lipinski definition) is 0. The van der Waals surface area contributed by atoms with Crippen molar-refractivity contribution in [3.8, 4) is 0 Å². The highest BCUT2D eigenvalue weighted by atomic mass is 35.5. The van der Waals surface area contributed by atoms with Crippen molar-refractivity contribution in [2.24, 2.45) is 0 Å². The van der Waals surface area contributed by atoms with Gasteiger partial charge in [0.2, 0.25) is 5.91 Å². The van der Waals surface area contributed by atoms with Crippen molar-refractivity contribution in [2.45, 2.75) is 58.2 Å². The molecule has 6 nitrogen and oxygen atoms in total. The third-order valence-corrected chi connectivity index (χ3v) is 5.36. The quantitative estimate of drug-likeness (QED) is 0.565. The predicted octanol–water partition coefficient (Wildman–Crippen LogP) is 4.61. The molecule has 0 aliphatic heterocycles. The molecule has 0 N–H and O–H groups in total. The maximum absolute atomic E-state index is 13.3. The third kappa shape index (κ3) is 5.11. The smallest absolute Gasteiger partial charge is 0.333 e. The molecule has 0 saturated heterocycles. The van der Waals surface area contributed by atoms with Crippen molar-refractivity contribution in [3.05, 3.63) is 51.8 Å². The number of rotatable bonds is 8. The zero-order valence-corrected chi connectivity index (χ0v) is 18.3. The normalized spacial score (nSPS) is 14.7. The highest BCUT2D eigenvalue weighted by Crippen LogP contribution is 2.38. The first-order valence-corrected chi connectivity index (χ1v) is 10.5. The van der Waals surface area contributed by atoms with Crippen molar-refractivity contribution in [2.75, 3.05) is 6.61 Å². The van der Waals surface area contributed by atoms with Gasteiger partial charge in [-0.1, -0.05) is 29.3 Å². The van der Waals surface area contributed by atoms with Gasteiger partial charge in [-0.3, -0.25) is 9.48 Å². The summed E-state index contributed by atoms with van der Waals surface area (Å²) in [5, 5.41) is 5.26. The largest absolute Gasteiger partial charge is 0.464 e. The van der Waals surface area contributed by atoms with Crippen molar-refractivity contribution in [3.63, 3.8) is 0 Å². The maximum Gasteiger partial charge on any atom is 0.333 e. The van der Waals surface area contributed by atoms with E-state index in [0.717, 1.165) is 12.8 Å². The van der Waals surface area contributed by atoms with E-state index < -0.39 is 12.0 Å². The molecule has 0 spiro atoms. The SMILES string of the molecule is CCOC(=O)C(c1ccc(Cl)cc1Cl)N(C(=O)Cc1ccn(C(C)C)n1)C1CC1. The van der Waals surface area contributed by atoms with E-state index in [1.807, 2.05) is 30.8 Å². The maximum atomic E-state index is 13.3. The van der Waals surface area contributed by atoms with Gasteiger partial charge in [0, 0.05) is 33.9 Å². The highest BCUT2D eigenvalue weighted by Gasteiger charge is 2.42. The minimum Gasteiger partial charge on any atom is -0.464 e. The molecule has 1 aliphatic carbocycles. The Morgan fingerprint density at radius 2 is 2.00 bits per heavy atom. The standard InChI is InChI=1S/C21H25Cl2N3O3/c1-4-29-21(28)20(17-8-5-14(22)11-18(17)23)26(16-6-7-16)19(27)12-15-9-10-25(24-15)13(2)3/h5,8-11,13,16,20H,4,6-7,12H2,1-3H3. The molecule has 8 heteroatoms. The van der Waals surface area contributed by atoms with Crippen LogP contribution < -0.4 is 0 Å². The van der Waals surface area contributed by atoms with E-state index in [2.05, 4.69) is 5.10 Å². The van der Waals surface area contributed by atoms with Crippen molar-refractivity contribution < 1.29 is 14.3 Å². The minimum absolute atomic E-state index is 0.0177. The fourth-order valence-corrected chi connectivity index (χ4v) is 3.76. The first-order valence-electron chi connectivity index (χ1n) is 9.78. The van der Waals surface area contributed by atoms with Crippen LogP contribution in [0.3, 0.4) is 0 Å². The van der Waals surface area contributed by atoms with Crippen LogP contribution in [0.2, 0.25) is 10.0 Å². The van der Waals surface area contributed by atoms with Gasteiger partial charge < -0.3 is 9.64 Å². The fraction of sp³-hybridized carbons (Fsp3) is 0.476. The van der Waals surface area contributed by atoms with E-state index >= 15 is 0 Å². The third-order valence-electron chi connectivity index (χ3n) is 4.80. The summed E-state index contributed by atoms with van der Waals surface area (Å²) in [6.07, 6.45) is 3.64. The van der Waals surface area contributed by atoms with Crippen LogP contribution in [0, 0.1) is 0 Å². The minimum atomic E-state index is -0.910. The van der Waals surface area contributed by atoms with Gasteiger partial charge >= 0.3 is 5.97 Å². The van der Waals surface area contributed by atoms with Gasteiger partial charge in [-0.15, -0.1) is 0 Å². The van der Waals surface area contributed by atoms with Crippen LogP contribution in [0.5, 0.6) is 0 Å². The summed E-state index contributed by atoms with van der Waals surface area (Å²) in [4.78, 5) is 27.8. The molecule has 1 aliphatic rings.